The number of benzene rings is 1. The van der Waals surface area contributed by atoms with E-state index in [1.54, 1.807) is 24.3 Å². The summed E-state index contributed by atoms with van der Waals surface area (Å²) in [5.41, 5.74) is 5.96. The molecule has 4 nitrogen and oxygen atoms in total. The van der Waals surface area contributed by atoms with Gasteiger partial charge in [0.05, 0.1) is 5.69 Å². The molecule has 2 aromatic rings. The fraction of sp³-hybridized carbons (Fsp3) is 0.0909. The second kappa shape index (κ2) is 6.03. The van der Waals surface area contributed by atoms with Crippen molar-refractivity contribution in [3.05, 3.63) is 35.5 Å². The van der Waals surface area contributed by atoms with Crippen molar-refractivity contribution in [2.24, 2.45) is 0 Å². The summed E-state index contributed by atoms with van der Waals surface area (Å²) < 4.78 is 24.9. The summed E-state index contributed by atoms with van der Waals surface area (Å²) in [5, 5.41) is 3.06. The second-order valence-electron chi connectivity index (χ2n) is 3.43. The molecule has 0 amide bonds. The predicted octanol–water partition coefficient (Wildman–Crippen LogP) is 3.77. The lowest BCUT2D eigenvalue weighted by molar-refractivity contribution is 0.252. The van der Waals surface area contributed by atoms with E-state index < -0.39 is 5.76 Å². The largest absolute Gasteiger partial charge is 0.368 e. The van der Waals surface area contributed by atoms with Crippen LogP contribution in [-0.2, 0) is 0 Å². The van der Waals surface area contributed by atoms with Gasteiger partial charge in [0.15, 0.2) is 0 Å². The van der Waals surface area contributed by atoms with E-state index in [9.17, 15) is 8.78 Å². The zero-order valence-corrected chi connectivity index (χ0v) is 11.1. The number of para-hydroxylation sites is 1. The molecule has 1 heterocycles. The van der Waals surface area contributed by atoms with Gasteiger partial charge in [-0.15, -0.1) is 0 Å². The number of nitrogens with two attached hydrogens (primary N) is 1. The van der Waals surface area contributed by atoms with Crippen LogP contribution in [0.3, 0.4) is 0 Å². The molecule has 100 valence electrons. The molecule has 1 aromatic heterocycles. The van der Waals surface area contributed by atoms with Gasteiger partial charge in [-0.1, -0.05) is 35.5 Å². The van der Waals surface area contributed by atoms with Gasteiger partial charge in [0.25, 0.3) is 5.76 Å². The van der Waals surface area contributed by atoms with Crippen LogP contribution in [0.1, 0.15) is 0 Å². The molecule has 0 saturated heterocycles. The number of rotatable bonds is 4. The molecule has 0 unspecified atom stereocenters. The fourth-order valence-corrected chi connectivity index (χ4v) is 2.19. The van der Waals surface area contributed by atoms with Crippen molar-refractivity contribution >= 4 is 40.8 Å². The third-order valence-corrected chi connectivity index (χ3v) is 3.06. The number of anilines is 3. The maximum atomic E-state index is 12.4. The Morgan fingerprint density at radius 2 is 2.00 bits per heavy atom. The number of nitrogen functional groups attached to an aromatic ring is 1. The van der Waals surface area contributed by atoms with E-state index in [2.05, 4.69) is 15.3 Å². The molecule has 0 fully saturated rings. The molecular weight excluding hydrogens is 294 g/mol. The summed E-state index contributed by atoms with van der Waals surface area (Å²) in [7, 11) is 0. The van der Waals surface area contributed by atoms with E-state index in [-0.39, 0.29) is 11.1 Å². The van der Waals surface area contributed by atoms with Gasteiger partial charge in [-0.3, -0.25) is 0 Å². The molecule has 0 aliphatic heterocycles. The number of hydrogen-bond acceptors (Lipinski definition) is 5. The number of nitrogens with zero attached hydrogens (tertiary/aromatic N) is 2. The van der Waals surface area contributed by atoms with Gasteiger partial charge >= 0.3 is 0 Å². The first-order chi connectivity index (χ1) is 9.04. The monoisotopic (exact) mass is 302 g/mol. The lowest BCUT2D eigenvalue weighted by Gasteiger charge is -2.11. The van der Waals surface area contributed by atoms with Crippen LogP contribution in [0.5, 0.6) is 0 Å². The van der Waals surface area contributed by atoms with Gasteiger partial charge in [-0.25, -0.2) is 4.98 Å². The number of nitrogens with one attached hydrogen (secondary N) is 1. The summed E-state index contributed by atoms with van der Waals surface area (Å²) in [6, 6.07) is 8.12. The maximum absolute atomic E-state index is 12.4. The Morgan fingerprint density at radius 3 is 2.68 bits per heavy atom. The molecule has 0 aliphatic carbocycles. The minimum atomic E-state index is -2.50. The summed E-state index contributed by atoms with van der Waals surface area (Å²) in [5.74, 6) is -2.14. The van der Waals surface area contributed by atoms with Crippen LogP contribution in [0, 0.1) is 0 Å². The van der Waals surface area contributed by atoms with Crippen LogP contribution >= 0.6 is 23.4 Å². The highest BCUT2D eigenvalue weighted by atomic mass is 35.5. The fourth-order valence-electron chi connectivity index (χ4n) is 1.41. The minimum Gasteiger partial charge on any atom is -0.368 e. The van der Waals surface area contributed by atoms with Gasteiger partial charge < -0.3 is 11.1 Å². The van der Waals surface area contributed by atoms with Gasteiger partial charge in [-0.05, 0) is 12.1 Å². The van der Waals surface area contributed by atoms with E-state index in [0.717, 1.165) is 0 Å². The Kier molecular flexibility index (Phi) is 4.39. The Bertz CT molecular complexity index is 562. The molecule has 0 bridgehead atoms. The first kappa shape index (κ1) is 13.8. The first-order valence-corrected chi connectivity index (χ1v) is 6.41. The standard InChI is InChI=1S/C11H9ClF2N4S/c12-8-5-9(18-11(15)17-8)16-6-3-1-2-4-7(6)19-10(13)14/h1-5,10H,(H3,15,16,17,18). The highest BCUT2D eigenvalue weighted by Gasteiger charge is 2.10. The second-order valence-corrected chi connectivity index (χ2v) is 4.85. The van der Waals surface area contributed by atoms with E-state index in [1.807, 2.05) is 0 Å². The Balaban J connectivity index is 2.27. The van der Waals surface area contributed by atoms with E-state index in [0.29, 0.717) is 28.2 Å². The quantitative estimate of drug-likeness (QED) is 0.665. The third kappa shape index (κ3) is 3.93. The van der Waals surface area contributed by atoms with Crippen LogP contribution in [0.15, 0.2) is 35.2 Å². The molecule has 0 radical (unpaired) electrons. The number of hydrogen-bond donors (Lipinski definition) is 2. The molecular formula is C11H9ClF2N4S. The summed E-state index contributed by atoms with van der Waals surface area (Å²) in [6.07, 6.45) is 0. The van der Waals surface area contributed by atoms with Gasteiger partial charge in [-0.2, -0.15) is 13.8 Å². The van der Waals surface area contributed by atoms with Gasteiger partial charge in [0.2, 0.25) is 5.95 Å². The maximum Gasteiger partial charge on any atom is 0.288 e. The van der Waals surface area contributed by atoms with Crippen molar-refractivity contribution in [2.45, 2.75) is 10.7 Å². The van der Waals surface area contributed by atoms with Crippen LogP contribution in [0.2, 0.25) is 5.15 Å². The van der Waals surface area contributed by atoms with Crippen molar-refractivity contribution < 1.29 is 8.78 Å². The third-order valence-electron chi connectivity index (χ3n) is 2.08. The molecule has 2 rings (SSSR count). The SMILES string of the molecule is Nc1nc(Cl)cc(Nc2ccccc2SC(F)F)n1. The zero-order valence-electron chi connectivity index (χ0n) is 9.48. The van der Waals surface area contributed by atoms with Gasteiger partial charge in [0, 0.05) is 11.0 Å². The van der Waals surface area contributed by atoms with Crippen LogP contribution < -0.4 is 11.1 Å². The zero-order chi connectivity index (χ0) is 13.8. The molecule has 0 aliphatic rings. The smallest absolute Gasteiger partial charge is 0.288 e. The average molecular weight is 303 g/mol. The van der Waals surface area contributed by atoms with E-state index in [4.69, 9.17) is 17.3 Å². The molecule has 0 atom stereocenters. The van der Waals surface area contributed by atoms with Crippen molar-refractivity contribution in [2.75, 3.05) is 11.1 Å². The number of aromatic nitrogens is 2. The molecule has 1 aromatic carbocycles. The highest BCUT2D eigenvalue weighted by Crippen LogP contribution is 2.33. The van der Waals surface area contributed by atoms with Gasteiger partial charge in [0.1, 0.15) is 11.0 Å². The normalized spacial score (nSPS) is 10.7. The van der Waals surface area contributed by atoms with E-state index >= 15 is 0 Å². The first-order valence-electron chi connectivity index (χ1n) is 5.15. The van der Waals surface area contributed by atoms with Crippen molar-refractivity contribution in [1.29, 1.82) is 0 Å². The predicted molar refractivity (Wildman–Crippen MR) is 73.0 cm³/mol. The Morgan fingerprint density at radius 1 is 1.26 bits per heavy atom. The van der Waals surface area contributed by atoms with Crippen LogP contribution in [-0.4, -0.2) is 15.7 Å². The molecule has 0 saturated carbocycles. The molecule has 3 N–H and O–H groups in total. The highest BCUT2D eigenvalue weighted by molar-refractivity contribution is 7.99. The van der Waals surface area contributed by atoms with Crippen LogP contribution in [0.4, 0.5) is 26.2 Å². The van der Waals surface area contributed by atoms with E-state index in [1.165, 1.54) is 6.07 Å². The number of alkyl halides is 2. The van der Waals surface area contributed by atoms with Crippen molar-refractivity contribution in [1.82, 2.24) is 9.97 Å². The lowest BCUT2D eigenvalue weighted by atomic mass is 10.3. The summed E-state index contributed by atoms with van der Waals surface area (Å²) in [6.45, 7) is 0. The Hall–Kier alpha value is -1.60. The molecule has 8 heteroatoms. The average Bonchev–Trinajstić information content (AvgIpc) is 2.29. The molecule has 19 heavy (non-hydrogen) atoms. The summed E-state index contributed by atoms with van der Waals surface area (Å²) >= 11 is 6.19. The van der Waals surface area contributed by atoms with Crippen molar-refractivity contribution in [3.63, 3.8) is 0 Å². The minimum absolute atomic E-state index is 0.00833. The van der Waals surface area contributed by atoms with Crippen molar-refractivity contribution in [3.8, 4) is 0 Å². The molecule has 0 spiro atoms. The number of thioether (sulfide) groups is 1. The number of halogens is 3. The van der Waals surface area contributed by atoms with Crippen LogP contribution in [0.25, 0.3) is 0 Å². The summed E-state index contributed by atoms with van der Waals surface area (Å²) in [4.78, 5) is 8.05. The Labute approximate surface area is 117 Å². The lowest BCUT2D eigenvalue weighted by Crippen LogP contribution is -2.01. The topological polar surface area (TPSA) is 63.8 Å².